The normalized spacial score (nSPS) is 10.8. The van der Waals surface area contributed by atoms with E-state index in [9.17, 15) is 13.2 Å². The third-order valence-corrected chi connectivity index (χ3v) is 3.84. The van der Waals surface area contributed by atoms with E-state index in [0.717, 1.165) is 6.92 Å². The second kappa shape index (κ2) is 5.75. The minimum atomic E-state index is -3.80. The highest BCUT2D eigenvalue weighted by molar-refractivity contribution is 7.90. The number of para-hydroxylation sites is 1. The lowest BCUT2D eigenvalue weighted by Crippen LogP contribution is -2.28. The van der Waals surface area contributed by atoms with Crippen LogP contribution in [0.1, 0.15) is 6.92 Å². The van der Waals surface area contributed by atoms with Crippen molar-refractivity contribution in [3.05, 3.63) is 54.6 Å². The van der Waals surface area contributed by atoms with Gasteiger partial charge in [0.25, 0.3) is 10.0 Å². The smallest absolute Gasteiger partial charge is 0.264 e. The maximum atomic E-state index is 11.7. The van der Waals surface area contributed by atoms with Gasteiger partial charge in [0.05, 0.1) is 4.90 Å². The summed E-state index contributed by atoms with van der Waals surface area (Å²) >= 11 is 0. The van der Waals surface area contributed by atoms with Crippen molar-refractivity contribution in [1.29, 1.82) is 0 Å². The van der Waals surface area contributed by atoms with Gasteiger partial charge >= 0.3 is 0 Å². The van der Waals surface area contributed by atoms with E-state index in [-0.39, 0.29) is 4.90 Å². The predicted octanol–water partition coefficient (Wildman–Crippen LogP) is 2.30. The van der Waals surface area contributed by atoms with E-state index in [1.54, 1.807) is 12.1 Å². The Balaban J connectivity index is 2.16. The number of hydrogen-bond donors (Lipinski definition) is 1. The largest absolute Gasteiger partial charge is 0.457 e. The highest BCUT2D eigenvalue weighted by Crippen LogP contribution is 2.22. The van der Waals surface area contributed by atoms with Crippen LogP contribution in [0, 0.1) is 0 Å². The minimum Gasteiger partial charge on any atom is -0.457 e. The van der Waals surface area contributed by atoms with Crippen molar-refractivity contribution >= 4 is 15.9 Å². The van der Waals surface area contributed by atoms with Gasteiger partial charge in [-0.05, 0) is 36.4 Å². The van der Waals surface area contributed by atoms with Gasteiger partial charge in [0.15, 0.2) is 0 Å². The quantitative estimate of drug-likeness (QED) is 0.938. The molecule has 2 aromatic rings. The Morgan fingerprint density at radius 3 is 2.05 bits per heavy atom. The molecular weight excluding hydrogens is 278 g/mol. The lowest BCUT2D eigenvalue weighted by molar-refractivity contribution is -0.117. The molecule has 104 valence electrons. The molecule has 0 heterocycles. The van der Waals surface area contributed by atoms with Crippen LogP contribution < -0.4 is 9.46 Å². The summed E-state index contributed by atoms with van der Waals surface area (Å²) in [5, 5.41) is 0. The Kier molecular flexibility index (Phi) is 4.05. The molecule has 0 aromatic heterocycles. The predicted molar refractivity (Wildman–Crippen MR) is 74.0 cm³/mol. The van der Waals surface area contributed by atoms with Crippen molar-refractivity contribution in [2.45, 2.75) is 11.8 Å². The molecule has 2 aromatic carbocycles. The number of nitrogens with one attached hydrogen (secondary N) is 1. The Bertz CT molecular complexity index is 694. The molecule has 0 bridgehead atoms. The summed E-state index contributed by atoms with van der Waals surface area (Å²) in [6, 6.07) is 15.0. The fraction of sp³-hybridized carbons (Fsp3) is 0.0714. The summed E-state index contributed by atoms with van der Waals surface area (Å²) in [5.41, 5.74) is 0. The van der Waals surface area contributed by atoms with Crippen LogP contribution in [0.15, 0.2) is 59.5 Å². The molecule has 0 fully saturated rings. The SMILES string of the molecule is CC(=O)NS(=O)(=O)c1ccc(Oc2ccccc2)cc1. The maximum Gasteiger partial charge on any atom is 0.264 e. The Morgan fingerprint density at radius 1 is 0.950 bits per heavy atom. The van der Waals surface area contributed by atoms with Gasteiger partial charge in [-0.1, -0.05) is 18.2 Å². The van der Waals surface area contributed by atoms with Crippen molar-refractivity contribution in [2.24, 2.45) is 0 Å². The minimum absolute atomic E-state index is 0.00751. The van der Waals surface area contributed by atoms with Crippen molar-refractivity contribution < 1.29 is 17.9 Å². The summed E-state index contributed by atoms with van der Waals surface area (Å²) in [6.45, 7) is 1.14. The first-order chi connectivity index (χ1) is 9.47. The van der Waals surface area contributed by atoms with Crippen LogP contribution in [0.2, 0.25) is 0 Å². The lowest BCUT2D eigenvalue weighted by Gasteiger charge is -2.07. The molecule has 0 atom stereocenters. The van der Waals surface area contributed by atoms with Crippen LogP contribution in [0.3, 0.4) is 0 Å². The van der Waals surface area contributed by atoms with E-state index in [0.29, 0.717) is 11.5 Å². The monoisotopic (exact) mass is 291 g/mol. The van der Waals surface area contributed by atoms with Gasteiger partial charge in [-0.25, -0.2) is 13.1 Å². The standard InChI is InChI=1S/C14H13NO4S/c1-11(16)15-20(17,18)14-9-7-13(8-10-14)19-12-5-3-2-4-6-12/h2-10H,1H3,(H,15,16). The molecular formula is C14H13NO4S. The van der Waals surface area contributed by atoms with Crippen LogP contribution in [-0.4, -0.2) is 14.3 Å². The van der Waals surface area contributed by atoms with Crippen molar-refractivity contribution in [3.63, 3.8) is 0 Å². The first-order valence-electron chi connectivity index (χ1n) is 5.84. The zero-order chi connectivity index (χ0) is 14.6. The summed E-state index contributed by atoms with van der Waals surface area (Å²) in [4.78, 5) is 10.8. The van der Waals surface area contributed by atoms with Gasteiger partial charge in [-0.15, -0.1) is 0 Å². The van der Waals surface area contributed by atoms with Gasteiger partial charge in [-0.3, -0.25) is 4.79 Å². The number of hydrogen-bond acceptors (Lipinski definition) is 4. The van der Waals surface area contributed by atoms with Crippen LogP contribution >= 0.6 is 0 Å². The molecule has 6 heteroatoms. The zero-order valence-electron chi connectivity index (χ0n) is 10.7. The molecule has 0 saturated carbocycles. The number of sulfonamides is 1. The average Bonchev–Trinajstić information content (AvgIpc) is 2.39. The highest BCUT2D eigenvalue weighted by atomic mass is 32.2. The molecule has 0 unspecified atom stereocenters. The van der Waals surface area contributed by atoms with Gasteiger partial charge in [0, 0.05) is 6.92 Å². The third kappa shape index (κ3) is 3.58. The second-order valence-electron chi connectivity index (χ2n) is 4.05. The molecule has 0 saturated heterocycles. The van der Waals surface area contributed by atoms with Crippen LogP contribution in [0.5, 0.6) is 11.5 Å². The molecule has 0 spiro atoms. The molecule has 1 amide bonds. The molecule has 0 aliphatic carbocycles. The van der Waals surface area contributed by atoms with E-state index in [4.69, 9.17) is 4.74 Å². The average molecular weight is 291 g/mol. The van der Waals surface area contributed by atoms with Crippen LogP contribution in [0.25, 0.3) is 0 Å². The van der Waals surface area contributed by atoms with Crippen LogP contribution in [0.4, 0.5) is 0 Å². The molecule has 5 nitrogen and oxygen atoms in total. The van der Waals surface area contributed by atoms with E-state index < -0.39 is 15.9 Å². The molecule has 20 heavy (non-hydrogen) atoms. The summed E-state index contributed by atoms with van der Waals surface area (Å²) in [6.07, 6.45) is 0. The number of amides is 1. The number of ether oxygens (including phenoxy) is 1. The van der Waals surface area contributed by atoms with Gasteiger partial charge < -0.3 is 4.74 Å². The second-order valence-corrected chi connectivity index (χ2v) is 5.73. The fourth-order valence-electron chi connectivity index (χ4n) is 1.56. The van der Waals surface area contributed by atoms with Crippen LogP contribution in [-0.2, 0) is 14.8 Å². The van der Waals surface area contributed by atoms with E-state index in [1.807, 2.05) is 22.9 Å². The first kappa shape index (κ1) is 14.1. The molecule has 0 radical (unpaired) electrons. The van der Waals surface area contributed by atoms with Gasteiger partial charge in [0.1, 0.15) is 11.5 Å². The number of benzene rings is 2. The third-order valence-electron chi connectivity index (χ3n) is 2.39. The zero-order valence-corrected chi connectivity index (χ0v) is 11.6. The first-order valence-corrected chi connectivity index (χ1v) is 7.32. The van der Waals surface area contributed by atoms with Crippen molar-refractivity contribution in [1.82, 2.24) is 4.72 Å². The Labute approximate surface area is 117 Å². The van der Waals surface area contributed by atoms with E-state index in [1.165, 1.54) is 24.3 Å². The van der Waals surface area contributed by atoms with Crippen molar-refractivity contribution in [3.8, 4) is 11.5 Å². The van der Waals surface area contributed by atoms with Crippen molar-refractivity contribution in [2.75, 3.05) is 0 Å². The molecule has 1 N–H and O–H groups in total. The lowest BCUT2D eigenvalue weighted by atomic mass is 10.3. The van der Waals surface area contributed by atoms with Gasteiger partial charge in [-0.2, -0.15) is 0 Å². The molecule has 2 rings (SSSR count). The summed E-state index contributed by atoms with van der Waals surface area (Å²) in [7, 11) is -3.80. The molecule has 0 aliphatic rings. The number of carbonyl (C=O) groups is 1. The highest BCUT2D eigenvalue weighted by Gasteiger charge is 2.15. The summed E-state index contributed by atoms with van der Waals surface area (Å²) in [5.74, 6) is 0.539. The number of rotatable bonds is 4. The maximum absolute atomic E-state index is 11.7. The van der Waals surface area contributed by atoms with E-state index in [2.05, 4.69) is 0 Å². The Hall–Kier alpha value is -2.34. The van der Waals surface area contributed by atoms with E-state index >= 15 is 0 Å². The molecule has 0 aliphatic heterocycles. The fourth-order valence-corrected chi connectivity index (χ4v) is 2.55. The topological polar surface area (TPSA) is 72.5 Å². The Morgan fingerprint density at radius 2 is 1.50 bits per heavy atom. The summed E-state index contributed by atoms with van der Waals surface area (Å²) < 4.78 is 30.9. The van der Waals surface area contributed by atoms with Gasteiger partial charge in [0.2, 0.25) is 5.91 Å². The number of carbonyl (C=O) groups excluding carboxylic acids is 1.